The normalized spacial score (nSPS) is 11.2. The lowest BCUT2D eigenvalue weighted by Crippen LogP contribution is -2.32. The van der Waals surface area contributed by atoms with Crippen LogP contribution in [0.3, 0.4) is 0 Å². The average molecular weight is 419 g/mol. The third kappa shape index (κ3) is 3.79. The van der Waals surface area contributed by atoms with Gasteiger partial charge < -0.3 is 4.90 Å². The van der Waals surface area contributed by atoms with E-state index >= 15 is 0 Å². The highest BCUT2D eigenvalue weighted by molar-refractivity contribution is 7.99. The molecule has 0 radical (unpaired) electrons. The van der Waals surface area contributed by atoms with Crippen molar-refractivity contribution in [2.45, 2.75) is 32.9 Å². The van der Waals surface area contributed by atoms with Gasteiger partial charge in [-0.25, -0.2) is 4.98 Å². The van der Waals surface area contributed by atoms with Crippen molar-refractivity contribution < 1.29 is 4.79 Å². The van der Waals surface area contributed by atoms with Crippen molar-refractivity contribution in [1.82, 2.24) is 24.6 Å². The van der Waals surface area contributed by atoms with Crippen molar-refractivity contribution in [2.24, 2.45) is 0 Å². The fraction of sp³-hybridized carbons (Fsp3) is 0.368. The molecule has 3 rings (SSSR count). The van der Waals surface area contributed by atoms with E-state index in [-0.39, 0.29) is 17.1 Å². The van der Waals surface area contributed by atoms with E-state index in [0.717, 1.165) is 16.9 Å². The Labute approximate surface area is 172 Å². The first-order chi connectivity index (χ1) is 13.4. The van der Waals surface area contributed by atoms with E-state index in [1.54, 1.807) is 9.47 Å². The number of carbonyl (C=O) groups excluding carboxylic acids is 1. The fourth-order valence-corrected chi connectivity index (χ4v) is 4.14. The van der Waals surface area contributed by atoms with Crippen molar-refractivity contribution in [3.63, 3.8) is 0 Å². The molecule has 2 heterocycles. The molecule has 0 aliphatic carbocycles. The maximum absolute atomic E-state index is 12.5. The molecule has 0 saturated carbocycles. The molecule has 28 heavy (non-hydrogen) atoms. The number of amides is 1. The summed E-state index contributed by atoms with van der Waals surface area (Å²) in [5.74, 6) is 0.277. The van der Waals surface area contributed by atoms with Crippen LogP contribution in [0.5, 0.6) is 0 Å². The summed E-state index contributed by atoms with van der Waals surface area (Å²) in [5.41, 5.74) is 3.24. The molecular weight excluding hydrogens is 396 g/mol. The fourth-order valence-electron chi connectivity index (χ4n) is 3.07. The summed E-state index contributed by atoms with van der Waals surface area (Å²) in [6.45, 7) is 9.07. The molecule has 148 valence electrons. The highest BCUT2D eigenvalue weighted by Gasteiger charge is 2.18. The predicted molar refractivity (Wildman–Crippen MR) is 112 cm³/mol. The number of hydrogen-bond donors (Lipinski definition) is 2. The zero-order valence-electron chi connectivity index (χ0n) is 16.3. The molecule has 9 heteroatoms. The van der Waals surface area contributed by atoms with Gasteiger partial charge in [0.05, 0.1) is 16.8 Å². The molecule has 1 amide bonds. The third-order valence-corrected chi connectivity index (χ3v) is 5.79. The lowest BCUT2D eigenvalue weighted by Gasteiger charge is -2.19. The van der Waals surface area contributed by atoms with E-state index in [0.29, 0.717) is 34.3 Å². The molecule has 0 fully saturated rings. The summed E-state index contributed by atoms with van der Waals surface area (Å²) in [7, 11) is 0. The molecule has 0 atom stereocenters. The van der Waals surface area contributed by atoms with Crippen LogP contribution in [-0.4, -0.2) is 49.4 Å². The van der Waals surface area contributed by atoms with Gasteiger partial charge in [0.15, 0.2) is 10.8 Å². The molecule has 7 nitrogen and oxygen atoms in total. The Bertz CT molecular complexity index is 1090. The number of thioether (sulfide) groups is 1. The average Bonchev–Trinajstić information content (AvgIpc) is 3.04. The Morgan fingerprint density at radius 3 is 2.71 bits per heavy atom. The first kappa shape index (κ1) is 20.4. The summed E-state index contributed by atoms with van der Waals surface area (Å²) in [6.07, 6.45) is 0. The second-order valence-electron chi connectivity index (χ2n) is 6.41. The predicted octanol–water partition coefficient (Wildman–Crippen LogP) is 3.46. The first-order valence-corrected chi connectivity index (χ1v) is 10.4. The van der Waals surface area contributed by atoms with E-state index in [2.05, 4.69) is 15.2 Å². The van der Waals surface area contributed by atoms with E-state index in [1.165, 1.54) is 11.8 Å². The lowest BCUT2D eigenvalue weighted by atomic mass is 10.2. The second-order valence-corrected chi connectivity index (χ2v) is 7.79. The molecule has 2 aromatic heterocycles. The Balaban J connectivity index is 2.14. The summed E-state index contributed by atoms with van der Waals surface area (Å²) in [4.78, 5) is 18.9. The Kier molecular flexibility index (Phi) is 6.10. The summed E-state index contributed by atoms with van der Waals surface area (Å²) in [6, 6.07) is 5.54. The number of aromatic nitrogens is 4. The molecule has 0 spiro atoms. The van der Waals surface area contributed by atoms with Crippen LogP contribution in [0.15, 0.2) is 23.4 Å². The van der Waals surface area contributed by atoms with E-state index in [4.69, 9.17) is 17.0 Å². The number of benzene rings is 1. The number of halogens is 1. The smallest absolute Gasteiger partial charge is 0.233 e. The maximum Gasteiger partial charge on any atom is 0.233 e. The summed E-state index contributed by atoms with van der Waals surface area (Å²) >= 11 is 7.53. The van der Waals surface area contributed by atoms with Crippen LogP contribution in [0.2, 0.25) is 5.02 Å². The topological polar surface area (TPSA) is 90.7 Å². The molecular formula is C19H23ClN6OS. The van der Waals surface area contributed by atoms with Crippen molar-refractivity contribution in [3.05, 3.63) is 40.0 Å². The quantitative estimate of drug-likeness (QED) is 0.473. The Morgan fingerprint density at radius 2 is 2.04 bits per heavy atom. The number of fused-ring (bicyclic) bond motifs is 1. The number of H-pyrrole nitrogens is 1. The number of nitrogens with zero attached hydrogens (tertiary/aromatic N) is 4. The lowest BCUT2D eigenvalue weighted by molar-refractivity contribution is -0.127. The minimum Gasteiger partial charge on any atom is -0.343 e. The number of aryl methyl sites for hydroxylation is 2. The largest absolute Gasteiger partial charge is 0.343 e. The second kappa shape index (κ2) is 8.36. The highest BCUT2D eigenvalue weighted by atomic mass is 35.5. The number of aromatic amines is 1. The van der Waals surface area contributed by atoms with Crippen LogP contribution in [0.1, 0.15) is 25.1 Å². The number of carbonyl (C=O) groups is 1. The van der Waals surface area contributed by atoms with Crippen LogP contribution in [-0.2, 0) is 4.79 Å². The van der Waals surface area contributed by atoms with Crippen molar-refractivity contribution >= 4 is 40.3 Å². The van der Waals surface area contributed by atoms with Gasteiger partial charge in [-0.3, -0.25) is 19.9 Å². The molecule has 0 aliphatic heterocycles. The first-order valence-electron chi connectivity index (χ1n) is 9.06. The SMILES string of the molecule is CCN(CC)C(=O)CSc1nc2n[nH]c(C)c2c(=N)n1-c1cc(Cl)ccc1C. The van der Waals surface area contributed by atoms with E-state index in [1.807, 2.05) is 45.9 Å². The van der Waals surface area contributed by atoms with Crippen molar-refractivity contribution in [3.8, 4) is 5.69 Å². The van der Waals surface area contributed by atoms with Gasteiger partial charge in [-0.2, -0.15) is 5.10 Å². The summed E-state index contributed by atoms with van der Waals surface area (Å²) in [5, 5.41) is 17.7. The van der Waals surface area contributed by atoms with Gasteiger partial charge in [-0.1, -0.05) is 29.4 Å². The highest BCUT2D eigenvalue weighted by Crippen LogP contribution is 2.25. The number of rotatable bonds is 6. The molecule has 2 N–H and O–H groups in total. The molecule has 0 unspecified atom stereocenters. The molecule has 0 bridgehead atoms. The van der Waals surface area contributed by atoms with Gasteiger partial charge in [0.1, 0.15) is 5.49 Å². The van der Waals surface area contributed by atoms with Crippen molar-refractivity contribution in [2.75, 3.05) is 18.8 Å². The molecule has 1 aromatic carbocycles. The third-order valence-electron chi connectivity index (χ3n) is 4.63. The van der Waals surface area contributed by atoms with Gasteiger partial charge in [0, 0.05) is 23.8 Å². The Hall–Kier alpha value is -2.32. The molecule has 3 aromatic rings. The standard InChI is InChI=1S/C19H23ClN6OS/c1-5-25(6-2)15(27)10-28-19-22-18-16(12(4)23-24-18)17(21)26(19)14-9-13(20)8-7-11(14)3/h7-9,21H,5-6,10H2,1-4H3,(H,23,24). The van der Waals surface area contributed by atoms with Gasteiger partial charge in [0.25, 0.3) is 0 Å². The van der Waals surface area contributed by atoms with Gasteiger partial charge in [-0.15, -0.1) is 0 Å². The minimum absolute atomic E-state index is 0.0380. The van der Waals surface area contributed by atoms with Crippen LogP contribution < -0.4 is 5.49 Å². The minimum atomic E-state index is 0.0380. The van der Waals surface area contributed by atoms with E-state index < -0.39 is 0 Å². The van der Waals surface area contributed by atoms with Gasteiger partial charge in [-0.05, 0) is 45.4 Å². The zero-order valence-corrected chi connectivity index (χ0v) is 17.9. The van der Waals surface area contributed by atoms with Gasteiger partial charge in [0.2, 0.25) is 5.91 Å². The van der Waals surface area contributed by atoms with Gasteiger partial charge >= 0.3 is 0 Å². The molecule has 0 aliphatic rings. The summed E-state index contributed by atoms with van der Waals surface area (Å²) < 4.78 is 1.74. The molecule has 0 saturated heterocycles. The van der Waals surface area contributed by atoms with Crippen LogP contribution in [0.4, 0.5) is 0 Å². The zero-order chi connectivity index (χ0) is 20.4. The monoisotopic (exact) mass is 418 g/mol. The van der Waals surface area contributed by atoms with E-state index in [9.17, 15) is 4.79 Å². The van der Waals surface area contributed by atoms with Crippen molar-refractivity contribution in [1.29, 1.82) is 5.41 Å². The van der Waals surface area contributed by atoms with Crippen LogP contribution in [0.25, 0.3) is 16.7 Å². The van der Waals surface area contributed by atoms with Crippen LogP contribution in [0, 0.1) is 19.3 Å². The van der Waals surface area contributed by atoms with Crippen LogP contribution >= 0.6 is 23.4 Å². The Morgan fingerprint density at radius 1 is 1.32 bits per heavy atom. The maximum atomic E-state index is 12.5. The number of hydrogen-bond acceptors (Lipinski definition) is 5. The number of nitrogens with one attached hydrogen (secondary N) is 2.